The van der Waals surface area contributed by atoms with Crippen LogP contribution in [-0.2, 0) is 27.1 Å². The SMILES string of the molecule is CC(C1=[C-]C(c2ccccc2)=CC1)(c1ccccc1)c1ccccc1.[Cl-].[Cl-].[Cl-].[Ti+4]. The average Bonchev–Trinajstić information content (AvgIpc) is 3.20. The number of benzene rings is 3. The van der Waals surface area contributed by atoms with Crippen LogP contribution in [0.2, 0.25) is 0 Å². The first kappa shape index (κ1) is 27.7. The fourth-order valence-electron chi connectivity index (χ4n) is 3.66. The molecular weight excluding hydrogens is 455 g/mol. The Hall–Kier alpha value is -1.28. The van der Waals surface area contributed by atoms with E-state index in [9.17, 15) is 0 Å². The molecule has 1 aliphatic rings. The van der Waals surface area contributed by atoms with Crippen molar-refractivity contribution in [2.24, 2.45) is 0 Å². The van der Waals surface area contributed by atoms with Gasteiger partial charge in [0, 0.05) is 5.41 Å². The summed E-state index contributed by atoms with van der Waals surface area (Å²) in [5.41, 5.74) is 6.21. The Morgan fingerprint density at radius 2 is 1.07 bits per heavy atom. The molecule has 4 heteroatoms. The Labute approximate surface area is 207 Å². The first-order valence-electron chi connectivity index (χ1n) is 8.78. The normalized spacial score (nSPS) is 12.2. The second kappa shape index (κ2) is 12.4. The van der Waals surface area contributed by atoms with E-state index in [-0.39, 0.29) is 64.4 Å². The van der Waals surface area contributed by atoms with Crippen molar-refractivity contribution in [3.63, 3.8) is 0 Å². The van der Waals surface area contributed by atoms with Crippen molar-refractivity contribution in [1.82, 2.24) is 0 Å². The topological polar surface area (TPSA) is 0 Å². The molecule has 3 aromatic carbocycles. The molecule has 146 valence electrons. The number of hydrogen-bond acceptors (Lipinski definition) is 0. The van der Waals surface area contributed by atoms with E-state index >= 15 is 0 Å². The van der Waals surface area contributed by atoms with Gasteiger partial charge in [0.05, 0.1) is 0 Å². The van der Waals surface area contributed by atoms with Crippen molar-refractivity contribution in [2.75, 3.05) is 0 Å². The van der Waals surface area contributed by atoms with Crippen LogP contribution in [0, 0.1) is 6.08 Å². The third-order valence-corrected chi connectivity index (χ3v) is 5.19. The molecule has 0 unspecified atom stereocenters. The van der Waals surface area contributed by atoms with Crippen molar-refractivity contribution < 1.29 is 58.9 Å². The van der Waals surface area contributed by atoms with Gasteiger partial charge in [-0.1, -0.05) is 85.3 Å². The second-order valence-corrected chi connectivity index (χ2v) is 6.65. The molecule has 0 amide bonds. The number of allylic oxidation sites excluding steroid dienone is 4. The molecule has 0 fully saturated rings. The van der Waals surface area contributed by atoms with E-state index in [1.165, 1.54) is 27.8 Å². The van der Waals surface area contributed by atoms with E-state index in [4.69, 9.17) is 0 Å². The first-order chi connectivity index (χ1) is 12.3. The van der Waals surface area contributed by atoms with Crippen LogP contribution in [0.5, 0.6) is 0 Å². The summed E-state index contributed by atoms with van der Waals surface area (Å²) >= 11 is 0. The third-order valence-electron chi connectivity index (χ3n) is 5.19. The van der Waals surface area contributed by atoms with E-state index in [1.54, 1.807) is 0 Å². The summed E-state index contributed by atoms with van der Waals surface area (Å²) in [6.45, 7) is 2.32. The smallest absolute Gasteiger partial charge is 1.00 e. The maximum atomic E-state index is 3.72. The van der Waals surface area contributed by atoms with Crippen LogP contribution in [0.4, 0.5) is 0 Å². The number of rotatable bonds is 4. The number of hydrogen-bond donors (Lipinski definition) is 0. The molecule has 0 atom stereocenters. The molecule has 0 N–H and O–H groups in total. The molecule has 3 aromatic rings. The summed E-state index contributed by atoms with van der Waals surface area (Å²) in [4.78, 5) is 0. The summed E-state index contributed by atoms with van der Waals surface area (Å²) in [6.07, 6.45) is 6.96. The molecular formula is C25H21Cl3Ti. The predicted molar refractivity (Wildman–Crippen MR) is 105 cm³/mol. The molecule has 0 aliphatic heterocycles. The van der Waals surface area contributed by atoms with Gasteiger partial charge in [-0.15, -0.1) is 23.3 Å². The van der Waals surface area contributed by atoms with E-state index in [0.29, 0.717) is 0 Å². The van der Waals surface area contributed by atoms with Crippen LogP contribution in [0.25, 0.3) is 5.57 Å². The van der Waals surface area contributed by atoms with E-state index in [1.807, 2.05) is 0 Å². The molecule has 0 nitrogen and oxygen atoms in total. The molecule has 0 saturated carbocycles. The van der Waals surface area contributed by atoms with E-state index in [0.717, 1.165) is 6.42 Å². The van der Waals surface area contributed by atoms with Gasteiger partial charge in [-0.05, 0) is 18.1 Å². The quantitative estimate of drug-likeness (QED) is 0.283. The molecule has 0 saturated heterocycles. The van der Waals surface area contributed by atoms with Gasteiger partial charge in [0.1, 0.15) is 0 Å². The minimum atomic E-state index is -0.171. The van der Waals surface area contributed by atoms with Crippen molar-refractivity contribution in [3.05, 3.63) is 125 Å². The Morgan fingerprint density at radius 3 is 1.52 bits per heavy atom. The predicted octanol–water partition coefficient (Wildman–Crippen LogP) is -2.78. The van der Waals surface area contributed by atoms with Crippen LogP contribution in [0.1, 0.15) is 30.0 Å². The van der Waals surface area contributed by atoms with E-state index in [2.05, 4.69) is 110 Å². The van der Waals surface area contributed by atoms with Gasteiger partial charge in [0.15, 0.2) is 0 Å². The van der Waals surface area contributed by atoms with Crippen LogP contribution >= 0.6 is 0 Å². The maximum absolute atomic E-state index is 3.72. The molecule has 0 spiro atoms. The van der Waals surface area contributed by atoms with E-state index < -0.39 is 0 Å². The van der Waals surface area contributed by atoms with Crippen molar-refractivity contribution in [3.8, 4) is 0 Å². The first-order valence-corrected chi connectivity index (χ1v) is 8.78. The summed E-state index contributed by atoms with van der Waals surface area (Å²) in [5, 5.41) is 0. The van der Waals surface area contributed by atoms with Gasteiger partial charge in [-0.2, -0.15) is 17.7 Å². The van der Waals surface area contributed by atoms with Crippen LogP contribution in [0.15, 0.2) is 103 Å². The van der Waals surface area contributed by atoms with Crippen molar-refractivity contribution in [2.45, 2.75) is 18.8 Å². The zero-order valence-corrected chi connectivity index (χ0v) is 19.9. The Balaban J connectivity index is 0.00000196. The number of halogens is 3. The second-order valence-electron chi connectivity index (χ2n) is 6.65. The molecule has 0 radical (unpaired) electrons. The molecule has 29 heavy (non-hydrogen) atoms. The molecule has 1 aliphatic carbocycles. The van der Waals surface area contributed by atoms with Gasteiger partial charge >= 0.3 is 21.7 Å². The average molecular weight is 476 g/mol. The molecule has 0 aromatic heterocycles. The third kappa shape index (κ3) is 5.66. The van der Waals surface area contributed by atoms with Gasteiger partial charge in [-0.3, -0.25) is 0 Å². The van der Waals surface area contributed by atoms with Crippen LogP contribution in [-0.4, -0.2) is 0 Å². The fourth-order valence-corrected chi connectivity index (χ4v) is 3.66. The zero-order valence-electron chi connectivity index (χ0n) is 16.1. The molecule has 0 heterocycles. The largest absolute Gasteiger partial charge is 4.00 e. The Bertz CT molecular complexity index is 881. The van der Waals surface area contributed by atoms with Crippen molar-refractivity contribution in [1.29, 1.82) is 0 Å². The maximum Gasteiger partial charge on any atom is 4.00 e. The summed E-state index contributed by atoms with van der Waals surface area (Å²) in [6, 6.07) is 32.1. The molecule has 4 rings (SSSR count). The Kier molecular flexibility index (Phi) is 11.9. The minimum Gasteiger partial charge on any atom is -1.00 e. The van der Waals surface area contributed by atoms with Crippen LogP contribution in [0.3, 0.4) is 0 Å². The summed E-state index contributed by atoms with van der Waals surface area (Å²) in [5.74, 6) is 0. The monoisotopic (exact) mass is 474 g/mol. The van der Waals surface area contributed by atoms with Gasteiger partial charge in [0.25, 0.3) is 0 Å². The standard InChI is InChI=1S/C25H21.3ClH.Ti/c1-25(22-13-7-3-8-14-22,23-15-9-4-10-16-23)24-18-17-21(19-24)20-11-5-2-6-12-20;;;;/h2-17H,18H2,1H3;3*1H;/q-1;;;;+4/p-3. The summed E-state index contributed by atoms with van der Waals surface area (Å²) in [7, 11) is 0. The van der Waals surface area contributed by atoms with Gasteiger partial charge < -0.3 is 37.2 Å². The van der Waals surface area contributed by atoms with Gasteiger partial charge in [-0.25, -0.2) is 0 Å². The minimum absolute atomic E-state index is 0. The summed E-state index contributed by atoms with van der Waals surface area (Å²) < 4.78 is 0. The molecule has 0 bridgehead atoms. The fraction of sp³-hybridized carbons (Fsp3) is 0.120. The van der Waals surface area contributed by atoms with Crippen molar-refractivity contribution >= 4 is 5.57 Å². The van der Waals surface area contributed by atoms with Gasteiger partial charge in [0.2, 0.25) is 0 Å². The zero-order chi connectivity index (χ0) is 17.1. The Morgan fingerprint density at radius 1 is 0.655 bits per heavy atom. The van der Waals surface area contributed by atoms with Crippen LogP contribution < -0.4 is 37.2 Å².